The molecule has 1 aromatic heterocycles. The van der Waals surface area contributed by atoms with Gasteiger partial charge in [-0.25, -0.2) is 0 Å². The molecule has 1 aromatic carbocycles. The van der Waals surface area contributed by atoms with Gasteiger partial charge in [-0.1, -0.05) is 30.3 Å². The summed E-state index contributed by atoms with van der Waals surface area (Å²) in [6.45, 7) is 6.11. The van der Waals surface area contributed by atoms with E-state index in [4.69, 9.17) is 0 Å². The van der Waals surface area contributed by atoms with Crippen LogP contribution in [0.25, 0.3) is 0 Å². The third-order valence-electron chi connectivity index (χ3n) is 5.28. The molecule has 0 bridgehead atoms. The number of aryl methyl sites for hydroxylation is 1. The first-order valence-electron chi connectivity index (χ1n) is 9.88. The molecule has 3 rings (SSSR count). The Morgan fingerprint density at radius 3 is 2.85 bits per heavy atom. The smallest absolute Gasteiger partial charge is 0.191 e. The summed E-state index contributed by atoms with van der Waals surface area (Å²) in [7, 11) is 1.84. The van der Waals surface area contributed by atoms with Crippen LogP contribution in [0.3, 0.4) is 0 Å². The number of rotatable bonds is 7. The normalized spacial score (nSPS) is 17.9. The molecule has 0 radical (unpaired) electrons. The Labute approximate surface area is 162 Å². The van der Waals surface area contributed by atoms with Crippen molar-refractivity contribution in [2.45, 2.75) is 38.8 Å². The van der Waals surface area contributed by atoms with Crippen molar-refractivity contribution in [2.24, 2.45) is 4.99 Å². The molecule has 2 aromatic rings. The van der Waals surface area contributed by atoms with Crippen molar-refractivity contribution in [1.82, 2.24) is 20.5 Å². The summed E-state index contributed by atoms with van der Waals surface area (Å²) in [6, 6.07) is 13.4. The van der Waals surface area contributed by atoms with Gasteiger partial charge in [0.15, 0.2) is 5.96 Å². The lowest BCUT2D eigenvalue weighted by Crippen LogP contribution is -2.45. The Morgan fingerprint density at radius 2 is 2.07 bits per heavy atom. The first-order chi connectivity index (χ1) is 13.3. The van der Waals surface area contributed by atoms with E-state index in [-0.39, 0.29) is 0 Å². The van der Waals surface area contributed by atoms with Gasteiger partial charge in [0.25, 0.3) is 0 Å². The van der Waals surface area contributed by atoms with E-state index in [0.29, 0.717) is 6.04 Å². The Bertz CT molecular complexity index is 728. The van der Waals surface area contributed by atoms with Crippen LogP contribution in [0.5, 0.6) is 0 Å². The summed E-state index contributed by atoms with van der Waals surface area (Å²) in [4.78, 5) is 11.1. The molecule has 0 saturated carbocycles. The minimum atomic E-state index is 0.561. The van der Waals surface area contributed by atoms with E-state index < -0.39 is 0 Å². The van der Waals surface area contributed by atoms with Crippen molar-refractivity contribution >= 4 is 5.96 Å². The lowest BCUT2D eigenvalue weighted by molar-refractivity contribution is 0.245. The number of aromatic nitrogens is 1. The van der Waals surface area contributed by atoms with E-state index >= 15 is 0 Å². The molecule has 2 N–H and O–H groups in total. The molecular formula is C22H31N5. The number of aliphatic imine (C=N–C) groups is 1. The maximum absolute atomic E-state index is 4.38. The minimum absolute atomic E-state index is 0.561. The average molecular weight is 366 g/mol. The van der Waals surface area contributed by atoms with Gasteiger partial charge in [-0.2, -0.15) is 0 Å². The Morgan fingerprint density at radius 1 is 1.22 bits per heavy atom. The van der Waals surface area contributed by atoms with Crippen molar-refractivity contribution in [3.8, 4) is 0 Å². The maximum Gasteiger partial charge on any atom is 0.191 e. The second kappa shape index (κ2) is 10.1. The second-order valence-corrected chi connectivity index (χ2v) is 7.18. The standard InChI is InChI=1S/C22H31N5/c1-18-15-24-12-10-20(18)11-13-25-22(23-2)26-16-21-9-6-14-27(21)17-19-7-4-3-5-8-19/h3-5,7-8,10,12,15,21H,6,9,11,13-14,16-17H2,1-2H3,(H2,23,25,26). The van der Waals surface area contributed by atoms with E-state index in [2.05, 4.69) is 68.8 Å². The number of hydrogen-bond acceptors (Lipinski definition) is 3. The third-order valence-corrected chi connectivity index (χ3v) is 5.28. The minimum Gasteiger partial charge on any atom is -0.356 e. The molecule has 27 heavy (non-hydrogen) atoms. The van der Waals surface area contributed by atoms with Crippen LogP contribution in [0.4, 0.5) is 0 Å². The van der Waals surface area contributed by atoms with Crippen LogP contribution in [0.1, 0.15) is 29.5 Å². The lowest BCUT2D eigenvalue weighted by atomic mass is 10.1. The number of benzene rings is 1. The Balaban J connectivity index is 1.44. The summed E-state index contributed by atoms with van der Waals surface area (Å²) in [5.41, 5.74) is 3.96. The van der Waals surface area contributed by atoms with Crippen LogP contribution in [-0.2, 0) is 13.0 Å². The highest BCUT2D eigenvalue weighted by molar-refractivity contribution is 5.79. The summed E-state index contributed by atoms with van der Waals surface area (Å²) in [5.74, 6) is 0.883. The Kier molecular flexibility index (Phi) is 7.22. The van der Waals surface area contributed by atoms with Gasteiger partial charge in [-0.3, -0.25) is 14.9 Å². The molecule has 1 saturated heterocycles. The largest absolute Gasteiger partial charge is 0.356 e. The topological polar surface area (TPSA) is 52.6 Å². The molecule has 5 heteroatoms. The van der Waals surface area contributed by atoms with Gasteiger partial charge in [0, 0.05) is 45.1 Å². The van der Waals surface area contributed by atoms with Crippen LogP contribution in [0.15, 0.2) is 53.8 Å². The molecule has 144 valence electrons. The highest BCUT2D eigenvalue weighted by atomic mass is 15.2. The van der Waals surface area contributed by atoms with E-state index in [0.717, 1.165) is 32.0 Å². The zero-order chi connectivity index (χ0) is 18.9. The summed E-state index contributed by atoms with van der Waals surface area (Å²) in [5, 5.41) is 6.95. The fraction of sp³-hybridized carbons (Fsp3) is 0.455. The number of guanidine groups is 1. The average Bonchev–Trinajstić information content (AvgIpc) is 3.13. The molecule has 1 unspecified atom stereocenters. The van der Waals surface area contributed by atoms with Gasteiger partial charge in [-0.15, -0.1) is 0 Å². The fourth-order valence-corrected chi connectivity index (χ4v) is 3.69. The van der Waals surface area contributed by atoms with Crippen molar-refractivity contribution < 1.29 is 0 Å². The molecule has 0 spiro atoms. The first kappa shape index (κ1) is 19.4. The van der Waals surface area contributed by atoms with Crippen molar-refractivity contribution in [1.29, 1.82) is 0 Å². The zero-order valence-electron chi connectivity index (χ0n) is 16.5. The lowest BCUT2D eigenvalue weighted by Gasteiger charge is -2.25. The van der Waals surface area contributed by atoms with Crippen LogP contribution in [0, 0.1) is 6.92 Å². The van der Waals surface area contributed by atoms with Crippen molar-refractivity contribution in [2.75, 3.05) is 26.7 Å². The van der Waals surface area contributed by atoms with Crippen LogP contribution >= 0.6 is 0 Å². The van der Waals surface area contributed by atoms with E-state index in [9.17, 15) is 0 Å². The van der Waals surface area contributed by atoms with E-state index in [1.165, 1.54) is 36.1 Å². The highest BCUT2D eigenvalue weighted by Crippen LogP contribution is 2.19. The SMILES string of the molecule is CN=C(NCCc1ccncc1C)NCC1CCCN1Cc1ccccc1. The molecule has 1 atom stereocenters. The highest BCUT2D eigenvalue weighted by Gasteiger charge is 2.24. The van der Waals surface area contributed by atoms with Gasteiger partial charge >= 0.3 is 0 Å². The molecule has 2 heterocycles. The van der Waals surface area contributed by atoms with Crippen LogP contribution in [0.2, 0.25) is 0 Å². The number of pyridine rings is 1. The molecule has 0 amide bonds. The van der Waals surface area contributed by atoms with Gasteiger partial charge in [0.05, 0.1) is 0 Å². The number of nitrogens with zero attached hydrogens (tertiary/aromatic N) is 3. The number of nitrogens with one attached hydrogen (secondary N) is 2. The predicted octanol–water partition coefficient (Wildman–Crippen LogP) is 2.76. The summed E-state index contributed by atoms with van der Waals surface area (Å²) in [6.07, 6.45) is 7.26. The van der Waals surface area contributed by atoms with E-state index in [1.54, 1.807) is 0 Å². The van der Waals surface area contributed by atoms with Gasteiger partial charge in [-0.05, 0) is 55.5 Å². The zero-order valence-corrected chi connectivity index (χ0v) is 16.5. The molecular weight excluding hydrogens is 334 g/mol. The predicted molar refractivity (Wildman–Crippen MR) is 112 cm³/mol. The van der Waals surface area contributed by atoms with E-state index in [1.807, 2.05) is 19.4 Å². The van der Waals surface area contributed by atoms with Crippen molar-refractivity contribution in [3.63, 3.8) is 0 Å². The first-order valence-corrected chi connectivity index (χ1v) is 9.88. The quantitative estimate of drug-likeness (QED) is 0.585. The summed E-state index contributed by atoms with van der Waals surface area (Å²) >= 11 is 0. The van der Waals surface area contributed by atoms with Gasteiger partial charge in [0.1, 0.15) is 0 Å². The van der Waals surface area contributed by atoms with Crippen molar-refractivity contribution in [3.05, 3.63) is 65.5 Å². The monoisotopic (exact) mass is 365 g/mol. The Hall–Kier alpha value is -2.40. The van der Waals surface area contributed by atoms with Gasteiger partial charge in [0.2, 0.25) is 0 Å². The maximum atomic E-state index is 4.38. The molecule has 1 aliphatic heterocycles. The number of hydrogen-bond donors (Lipinski definition) is 2. The molecule has 1 aliphatic rings. The number of likely N-dealkylation sites (tertiary alicyclic amines) is 1. The summed E-state index contributed by atoms with van der Waals surface area (Å²) < 4.78 is 0. The molecule has 0 aliphatic carbocycles. The fourth-order valence-electron chi connectivity index (χ4n) is 3.69. The third kappa shape index (κ3) is 5.79. The van der Waals surface area contributed by atoms with Gasteiger partial charge < -0.3 is 10.6 Å². The van der Waals surface area contributed by atoms with Crippen LogP contribution in [-0.4, -0.2) is 48.6 Å². The second-order valence-electron chi connectivity index (χ2n) is 7.18. The molecule has 1 fully saturated rings. The molecule has 5 nitrogen and oxygen atoms in total. The van der Waals surface area contributed by atoms with Crippen LogP contribution < -0.4 is 10.6 Å².